The molecule has 0 aliphatic rings. The third kappa shape index (κ3) is 2.73. The zero-order chi connectivity index (χ0) is 14.9. The fourth-order valence-corrected chi connectivity index (χ4v) is 1.55. The molecule has 0 aliphatic carbocycles. The lowest BCUT2D eigenvalue weighted by Gasteiger charge is -2.10. The van der Waals surface area contributed by atoms with Crippen molar-refractivity contribution in [1.82, 2.24) is 15.0 Å². The number of aryl methyl sites for hydroxylation is 1. The van der Waals surface area contributed by atoms with Crippen LogP contribution in [-0.4, -0.2) is 26.0 Å². The van der Waals surface area contributed by atoms with E-state index in [0.29, 0.717) is 11.9 Å². The molecule has 0 saturated heterocycles. The Morgan fingerprint density at radius 2 is 1.95 bits per heavy atom. The Morgan fingerprint density at radius 1 is 1.25 bits per heavy atom. The number of carboxylic acids is 1. The first-order valence-corrected chi connectivity index (χ1v) is 5.40. The molecule has 0 radical (unpaired) electrons. The first kappa shape index (κ1) is 13.9. The zero-order valence-electron chi connectivity index (χ0n) is 10.1. The maximum absolute atomic E-state index is 12.8. The van der Waals surface area contributed by atoms with Crippen LogP contribution in [-0.2, 0) is 6.18 Å². The minimum atomic E-state index is -4.88. The summed E-state index contributed by atoms with van der Waals surface area (Å²) >= 11 is 0. The van der Waals surface area contributed by atoms with E-state index >= 15 is 0 Å². The van der Waals surface area contributed by atoms with Crippen molar-refractivity contribution in [3.63, 3.8) is 0 Å². The molecule has 8 heteroatoms. The molecule has 0 saturated carbocycles. The molecule has 0 aromatic carbocycles. The van der Waals surface area contributed by atoms with Gasteiger partial charge in [-0.25, -0.2) is 19.7 Å². The molecule has 0 fully saturated rings. The van der Waals surface area contributed by atoms with E-state index < -0.39 is 23.4 Å². The number of pyridine rings is 1. The monoisotopic (exact) mass is 283 g/mol. The maximum Gasteiger partial charge on any atom is 0.434 e. The van der Waals surface area contributed by atoms with Crippen molar-refractivity contribution in [2.75, 3.05) is 0 Å². The highest BCUT2D eigenvalue weighted by atomic mass is 19.4. The summed E-state index contributed by atoms with van der Waals surface area (Å²) in [5.74, 6) is -2.01. The average Bonchev–Trinajstić information content (AvgIpc) is 2.37. The van der Waals surface area contributed by atoms with Gasteiger partial charge in [-0.2, -0.15) is 13.2 Å². The summed E-state index contributed by atoms with van der Waals surface area (Å²) in [6.07, 6.45) is -4.24. The van der Waals surface area contributed by atoms with Gasteiger partial charge in [-0.3, -0.25) is 0 Å². The topological polar surface area (TPSA) is 76.0 Å². The van der Waals surface area contributed by atoms with E-state index in [2.05, 4.69) is 15.0 Å². The molecular weight excluding hydrogens is 275 g/mol. The number of hydrogen-bond acceptors (Lipinski definition) is 4. The highest BCUT2D eigenvalue weighted by Gasteiger charge is 2.38. The number of nitrogens with zero attached hydrogens (tertiary/aromatic N) is 3. The third-order valence-corrected chi connectivity index (χ3v) is 2.41. The van der Waals surface area contributed by atoms with Crippen LogP contribution in [0.2, 0.25) is 0 Å². The quantitative estimate of drug-likeness (QED) is 0.916. The normalized spacial score (nSPS) is 11.4. The van der Waals surface area contributed by atoms with E-state index in [1.165, 1.54) is 6.07 Å². The number of hydrogen-bond donors (Lipinski definition) is 1. The summed E-state index contributed by atoms with van der Waals surface area (Å²) in [6.45, 7) is 1.67. The van der Waals surface area contributed by atoms with Gasteiger partial charge < -0.3 is 5.11 Å². The Kier molecular flexibility index (Phi) is 3.39. The van der Waals surface area contributed by atoms with Crippen molar-refractivity contribution in [3.8, 4) is 11.5 Å². The largest absolute Gasteiger partial charge is 0.478 e. The fraction of sp³-hybridized carbons (Fsp3) is 0.167. The minimum Gasteiger partial charge on any atom is -0.478 e. The highest BCUT2D eigenvalue weighted by Crippen LogP contribution is 2.31. The van der Waals surface area contributed by atoms with Crippen molar-refractivity contribution in [3.05, 3.63) is 41.3 Å². The molecular formula is C12H8F3N3O2. The summed E-state index contributed by atoms with van der Waals surface area (Å²) in [6, 6.07) is 4.71. The number of carboxylic acid groups (broad SMARTS) is 1. The molecule has 2 heterocycles. The van der Waals surface area contributed by atoms with Crippen molar-refractivity contribution in [2.45, 2.75) is 13.1 Å². The van der Waals surface area contributed by atoms with Crippen molar-refractivity contribution in [2.24, 2.45) is 0 Å². The molecule has 104 valence electrons. The molecule has 0 atom stereocenters. The number of carbonyl (C=O) groups is 1. The Balaban J connectivity index is 2.61. The first-order chi connectivity index (χ1) is 9.29. The molecule has 20 heavy (non-hydrogen) atoms. The van der Waals surface area contributed by atoms with Crippen LogP contribution in [0, 0.1) is 6.92 Å². The number of aromatic carboxylic acids is 1. The molecule has 0 spiro atoms. The predicted molar refractivity (Wildman–Crippen MR) is 62.0 cm³/mol. The van der Waals surface area contributed by atoms with Crippen LogP contribution < -0.4 is 0 Å². The standard InChI is InChI=1S/C12H8F3N3O2/c1-6-3-2-4-8(17-6)10-16-5-7(11(19)20)9(18-10)12(13,14)15/h2-5H,1H3,(H,19,20). The van der Waals surface area contributed by atoms with E-state index in [9.17, 15) is 18.0 Å². The minimum absolute atomic E-state index is 0.146. The lowest BCUT2D eigenvalue weighted by atomic mass is 10.2. The van der Waals surface area contributed by atoms with E-state index in [-0.39, 0.29) is 11.5 Å². The van der Waals surface area contributed by atoms with Crippen molar-refractivity contribution in [1.29, 1.82) is 0 Å². The Hall–Kier alpha value is -2.51. The van der Waals surface area contributed by atoms with E-state index in [4.69, 9.17) is 5.11 Å². The molecule has 0 aliphatic heterocycles. The first-order valence-electron chi connectivity index (χ1n) is 5.40. The molecule has 2 aromatic heterocycles. The SMILES string of the molecule is Cc1cccc(-c2ncc(C(=O)O)c(C(F)(F)F)n2)n1. The van der Waals surface area contributed by atoms with Gasteiger partial charge in [0.25, 0.3) is 0 Å². The fourth-order valence-electron chi connectivity index (χ4n) is 1.55. The Bertz CT molecular complexity index is 671. The number of aromatic nitrogens is 3. The van der Waals surface area contributed by atoms with Crippen LogP contribution in [0.25, 0.3) is 11.5 Å². The van der Waals surface area contributed by atoms with Crippen LogP contribution in [0.3, 0.4) is 0 Å². The molecule has 0 amide bonds. The van der Waals surface area contributed by atoms with Gasteiger partial charge in [0.1, 0.15) is 11.3 Å². The Morgan fingerprint density at radius 3 is 2.50 bits per heavy atom. The van der Waals surface area contributed by atoms with Crippen LogP contribution in [0.1, 0.15) is 21.7 Å². The van der Waals surface area contributed by atoms with Gasteiger partial charge in [0, 0.05) is 11.9 Å². The smallest absolute Gasteiger partial charge is 0.434 e. The van der Waals surface area contributed by atoms with Gasteiger partial charge in [-0.1, -0.05) is 6.07 Å². The lowest BCUT2D eigenvalue weighted by molar-refractivity contribution is -0.141. The lowest BCUT2D eigenvalue weighted by Crippen LogP contribution is -2.17. The maximum atomic E-state index is 12.8. The second-order valence-corrected chi connectivity index (χ2v) is 3.92. The zero-order valence-corrected chi connectivity index (χ0v) is 10.1. The van der Waals surface area contributed by atoms with Crippen molar-refractivity contribution >= 4 is 5.97 Å². The van der Waals surface area contributed by atoms with E-state index in [1.54, 1.807) is 19.1 Å². The van der Waals surface area contributed by atoms with Crippen LogP contribution in [0.15, 0.2) is 24.4 Å². The number of rotatable bonds is 2. The highest BCUT2D eigenvalue weighted by molar-refractivity contribution is 5.88. The van der Waals surface area contributed by atoms with Gasteiger partial charge in [-0.05, 0) is 19.1 Å². The summed E-state index contributed by atoms with van der Waals surface area (Å²) < 4.78 is 38.4. The van der Waals surface area contributed by atoms with Crippen LogP contribution >= 0.6 is 0 Å². The van der Waals surface area contributed by atoms with Gasteiger partial charge in [0.05, 0.1) is 0 Å². The molecule has 2 aromatic rings. The third-order valence-electron chi connectivity index (χ3n) is 2.41. The van der Waals surface area contributed by atoms with E-state index in [0.717, 1.165) is 0 Å². The van der Waals surface area contributed by atoms with Crippen LogP contribution in [0.4, 0.5) is 13.2 Å². The summed E-state index contributed by atoms with van der Waals surface area (Å²) in [5.41, 5.74) is -1.75. The second kappa shape index (κ2) is 4.87. The van der Waals surface area contributed by atoms with Gasteiger partial charge >= 0.3 is 12.1 Å². The molecule has 2 rings (SSSR count). The van der Waals surface area contributed by atoms with Crippen molar-refractivity contribution < 1.29 is 23.1 Å². The van der Waals surface area contributed by atoms with E-state index in [1.807, 2.05) is 0 Å². The number of alkyl halides is 3. The van der Waals surface area contributed by atoms with Gasteiger partial charge in [0.2, 0.25) is 0 Å². The molecule has 1 N–H and O–H groups in total. The van der Waals surface area contributed by atoms with Gasteiger partial charge in [-0.15, -0.1) is 0 Å². The predicted octanol–water partition coefficient (Wildman–Crippen LogP) is 2.56. The summed E-state index contributed by atoms with van der Waals surface area (Å²) in [4.78, 5) is 21.7. The van der Waals surface area contributed by atoms with Gasteiger partial charge in [0.15, 0.2) is 11.5 Å². The second-order valence-electron chi connectivity index (χ2n) is 3.92. The molecule has 0 unspecified atom stereocenters. The van der Waals surface area contributed by atoms with Crippen LogP contribution in [0.5, 0.6) is 0 Å². The molecule has 5 nitrogen and oxygen atoms in total. The summed E-state index contributed by atoms with van der Waals surface area (Å²) in [7, 11) is 0. The summed E-state index contributed by atoms with van der Waals surface area (Å²) in [5, 5.41) is 8.74. The molecule has 0 bridgehead atoms. The number of halogens is 3. The average molecular weight is 283 g/mol. The Labute approximate surface area is 111 Å².